The lowest BCUT2D eigenvalue weighted by molar-refractivity contribution is 0.151. The van der Waals surface area contributed by atoms with Crippen molar-refractivity contribution < 1.29 is 8.78 Å². The van der Waals surface area contributed by atoms with Crippen molar-refractivity contribution in [1.29, 1.82) is 5.26 Å². The molecule has 0 saturated carbocycles. The van der Waals surface area contributed by atoms with E-state index in [0.717, 1.165) is 0 Å². The molecule has 1 heterocycles. The maximum absolute atomic E-state index is 12.4. The molecule has 0 saturated heterocycles. The fourth-order valence-electron chi connectivity index (χ4n) is 1.05. The SMILES string of the molecule is Cc1nc(Cl)c(C(F)F)cc1CC#N. The second-order valence-corrected chi connectivity index (χ2v) is 3.11. The predicted octanol–water partition coefficient (Wildman–Crippen LogP) is 3.05. The number of nitrogens with zero attached hydrogens (tertiary/aromatic N) is 2. The summed E-state index contributed by atoms with van der Waals surface area (Å²) in [5.74, 6) is 0. The van der Waals surface area contributed by atoms with Gasteiger partial charge in [0, 0.05) is 5.69 Å². The van der Waals surface area contributed by atoms with Crippen LogP contribution in [0, 0.1) is 18.3 Å². The molecule has 1 rings (SSSR count). The zero-order valence-electron chi connectivity index (χ0n) is 7.39. The molecule has 74 valence electrons. The van der Waals surface area contributed by atoms with Gasteiger partial charge in [-0.1, -0.05) is 11.6 Å². The lowest BCUT2D eigenvalue weighted by Crippen LogP contribution is -1.97. The topological polar surface area (TPSA) is 36.7 Å². The van der Waals surface area contributed by atoms with Crippen LogP contribution in [0.5, 0.6) is 0 Å². The molecule has 0 fully saturated rings. The molecule has 14 heavy (non-hydrogen) atoms. The lowest BCUT2D eigenvalue weighted by atomic mass is 10.1. The molecule has 1 aromatic heterocycles. The first kappa shape index (κ1) is 10.9. The van der Waals surface area contributed by atoms with Crippen molar-refractivity contribution in [3.05, 3.63) is 28.0 Å². The van der Waals surface area contributed by atoms with Gasteiger partial charge in [0.1, 0.15) is 5.15 Å². The van der Waals surface area contributed by atoms with Gasteiger partial charge in [-0.3, -0.25) is 0 Å². The summed E-state index contributed by atoms with van der Waals surface area (Å²) in [6, 6.07) is 3.12. The van der Waals surface area contributed by atoms with Crippen molar-refractivity contribution >= 4 is 11.6 Å². The van der Waals surface area contributed by atoms with Gasteiger partial charge in [0.05, 0.1) is 18.1 Å². The summed E-state index contributed by atoms with van der Waals surface area (Å²) in [4.78, 5) is 3.75. The summed E-state index contributed by atoms with van der Waals surface area (Å²) in [6.07, 6.45) is -2.59. The van der Waals surface area contributed by atoms with Crippen molar-refractivity contribution in [1.82, 2.24) is 4.98 Å². The molecule has 0 unspecified atom stereocenters. The minimum atomic E-state index is -2.66. The van der Waals surface area contributed by atoms with Gasteiger partial charge in [0.2, 0.25) is 0 Å². The number of halogens is 3. The van der Waals surface area contributed by atoms with E-state index in [1.807, 2.05) is 6.07 Å². The van der Waals surface area contributed by atoms with Crippen molar-refractivity contribution in [2.45, 2.75) is 19.8 Å². The first-order chi connectivity index (χ1) is 6.56. The van der Waals surface area contributed by atoms with Crippen molar-refractivity contribution in [2.75, 3.05) is 0 Å². The minimum Gasteiger partial charge on any atom is -0.241 e. The summed E-state index contributed by atoms with van der Waals surface area (Å²) in [5, 5.41) is 8.25. The molecular weight excluding hydrogens is 210 g/mol. The van der Waals surface area contributed by atoms with Gasteiger partial charge >= 0.3 is 0 Å². The van der Waals surface area contributed by atoms with E-state index in [-0.39, 0.29) is 17.1 Å². The Kier molecular flexibility index (Phi) is 3.37. The largest absolute Gasteiger partial charge is 0.266 e. The third-order valence-corrected chi connectivity index (χ3v) is 2.11. The fourth-order valence-corrected chi connectivity index (χ4v) is 1.32. The number of aryl methyl sites for hydroxylation is 1. The van der Waals surface area contributed by atoms with Crippen molar-refractivity contribution in [3.63, 3.8) is 0 Å². The normalized spacial score (nSPS) is 10.3. The maximum Gasteiger partial charge on any atom is 0.266 e. The summed E-state index contributed by atoms with van der Waals surface area (Å²) in [5.41, 5.74) is 0.690. The van der Waals surface area contributed by atoms with Gasteiger partial charge in [-0.25, -0.2) is 13.8 Å². The van der Waals surface area contributed by atoms with Crippen LogP contribution < -0.4 is 0 Å². The van der Waals surface area contributed by atoms with Crippen LogP contribution in [0.4, 0.5) is 8.78 Å². The molecule has 0 atom stereocenters. The van der Waals surface area contributed by atoms with Crippen LogP contribution in [0.15, 0.2) is 6.07 Å². The molecule has 5 heteroatoms. The van der Waals surface area contributed by atoms with Gasteiger partial charge in [-0.15, -0.1) is 0 Å². The smallest absolute Gasteiger partial charge is 0.241 e. The highest BCUT2D eigenvalue weighted by Gasteiger charge is 2.15. The minimum absolute atomic E-state index is 0.0652. The molecule has 0 aromatic carbocycles. The Morgan fingerprint density at radius 1 is 1.64 bits per heavy atom. The predicted molar refractivity (Wildman–Crippen MR) is 48.3 cm³/mol. The number of nitriles is 1. The first-order valence-electron chi connectivity index (χ1n) is 3.87. The second kappa shape index (κ2) is 4.34. The van der Waals surface area contributed by atoms with E-state index in [1.165, 1.54) is 6.07 Å². The molecule has 2 nitrogen and oxygen atoms in total. The number of alkyl halides is 2. The molecular formula is C9H7ClF2N2. The van der Waals surface area contributed by atoms with Gasteiger partial charge in [0.25, 0.3) is 6.43 Å². The zero-order chi connectivity index (χ0) is 10.7. The van der Waals surface area contributed by atoms with Gasteiger partial charge in [-0.05, 0) is 18.6 Å². The van der Waals surface area contributed by atoms with E-state index in [1.54, 1.807) is 6.92 Å². The van der Waals surface area contributed by atoms with E-state index in [0.29, 0.717) is 11.3 Å². The van der Waals surface area contributed by atoms with Crippen LogP contribution in [-0.4, -0.2) is 4.98 Å². The summed E-state index contributed by atoms with van der Waals surface area (Å²) in [7, 11) is 0. The zero-order valence-corrected chi connectivity index (χ0v) is 8.15. The average Bonchev–Trinajstić information content (AvgIpc) is 2.09. The first-order valence-corrected chi connectivity index (χ1v) is 4.25. The molecule has 0 bridgehead atoms. The van der Waals surface area contributed by atoms with Gasteiger partial charge in [0.15, 0.2) is 0 Å². The Labute approximate surface area is 85.1 Å². The Balaban J connectivity index is 3.21. The molecule has 0 N–H and O–H groups in total. The van der Waals surface area contributed by atoms with E-state index in [2.05, 4.69) is 4.98 Å². The van der Waals surface area contributed by atoms with Crippen LogP contribution in [0.3, 0.4) is 0 Å². The van der Waals surface area contributed by atoms with E-state index in [9.17, 15) is 8.78 Å². The standard InChI is InChI=1S/C9H7ClF2N2/c1-5-6(2-3-13)4-7(9(11)12)8(10)14-5/h4,9H,2H2,1H3. The number of hydrogen-bond acceptors (Lipinski definition) is 2. The summed E-state index contributed by atoms with van der Waals surface area (Å²) >= 11 is 5.52. The number of aromatic nitrogens is 1. The third kappa shape index (κ3) is 2.18. The Hall–Kier alpha value is -1.21. The average molecular weight is 217 g/mol. The fraction of sp³-hybridized carbons (Fsp3) is 0.333. The van der Waals surface area contributed by atoms with Crippen molar-refractivity contribution in [2.24, 2.45) is 0 Å². The number of pyridine rings is 1. The van der Waals surface area contributed by atoms with E-state index < -0.39 is 6.43 Å². The summed E-state index contributed by atoms with van der Waals surface area (Å²) < 4.78 is 24.7. The van der Waals surface area contributed by atoms with E-state index >= 15 is 0 Å². The monoisotopic (exact) mass is 216 g/mol. The summed E-state index contributed by atoms with van der Waals surface area (Å²) in [6.45, 7) is 1.63. The number of rotatable bonds is 2. The van der Waals surface area contributed by atoms with Crippen molar-refractivity contribution in [3.8, 4) is 6.07 Å². The highest BCUT2D eigenvalue weighted by molar-refractivity contribution is 6.30. The Morgan fingerprint density at radius 2 is 2.29 bits per heavy atom. The highest BCUT2D eigenvalue weighted by Crippen LogP contribution is 2.27. The molecule has 0 radical (unpaired) electrons. The van der Waals surface area contributed by atoms with Crippen LogP contribution >= 0.6 is 11.6 Å². The maximum atomic E-state index is 12.4. The van der Waals surface area contributed by atoms with Crippen LogP contribution in [0.2, 0.25) is 5.15 Å². The molecule has 1 aromatic rings. The lowest BCUT2D eigenvalue weighted by Gasteiger charge is -2.06. The number of hydrogen-bond donors (Lipinski definition) is 0. The highest BCUT2D eigenvalue weighted by atomic mass is 35.5. The molecule has 0 spiro atoms. The van der Waals surface area contributed by atoms with Gasteiger partial charge in [-0.2, -0.15) is 5.26 Å². The van der Waals surface area contributed by atoms with Crippen LogP contribution in [0.1, 0.15) is 23.2 Å². The third-order valence-electron chi connectivity index (χ3n) is 1.80. The van der Waals surface area contributed by atoms with E-state index in [4.69, 9.17) is 16.9 Å². The van der Waals surface area contributed by atoms with Crippen LogP contribution in [-0.2, 0) is 6.42 Å². The Morgan fingerprint density at radius 3 is 2.79 bits per heavy atom. The Bertz CT molecular complexity index is 385. The molecule has 0 aliphatic carbocycles. The second-order valence-electron chi connectivity index (χ2n) is 2.75. The van der Waals surface area contributed by atoms with Crippen LogP contribution in [0.25, 0.3) is 0 Å². The quantitative estimate of drug-likeness (QED) is 0.713. The van der Waals surface area contributed by atoms with Gasteiger partial charge < -0.3 is 0 Å². The molecule has 0 aliphatic rings. The molecule has 0 amide bonds. The molecule has 0 aliphatic heterocycles.